The Bertz CT molecular complexity index is 108. The third-order valence-corrected chi connectivity index (χ3v) is 13.4. The van der Waals surface area contributed by atoms with Gasteiger partial charge in [-0.05, 0) is 0 Å². The SMILES string of the molecule is CCC[CH2][SnH]([CH2]CCC)[CH2]CCC.Cl.[CH3][SnH]([CH3])[CH3]. The van der Waals surface area contributed by atoms with Crippen molar-refractivity contribution in [2.45, 2.75) is 87.4 Å². The molecule has 18 heavy (non-hydrogen) atoms. The second-order valence-corrected chi connectivity index (χ2v) is 25.8. The van der Waals surface area contributed by atoms with Gasteiger partial charge in [-0.1, -0.05) is 0 Å². The van der Waals surface area contributed by atoms with Crippen molar-refractivity contribution in [3.8, 4) is 0 Å². The maximum atomic E-state index is 2.38. The van der Waals surface area contributed by atoms with E-state index in [2.05, 4.69) is 35.6 Å². The molecular weight excluding hydrogens is 453 g/mol. The summed E-state index contributed by atoms with van der Waals surface area (Å²) in [6.07, 6.45) is 8.87. The van der Waals surface area contributed by atoms with Crippen LogP contribution in [0.25, 0.3) is 0 Å². The Kier molecular flexibility index (Phi) is 29.3. The van der Waals surface area contributed by atoms with Crippen LogP contribution in [0.1, 0.15) is 59.3 Å². The molecule has 0 rings (SSSR count). The predicted molar refractivity (Wildman–Crippen MR) is 98.3 cm³/mol. The van der Waals surface area contributed by atoms with Crippen molar-refractivity contribution in [3.63, 3.8) is 0 Å². The van der Waals surface area contributed by atoms with E-state index in [-0.39, 0.29) is 12.4 Å². The minimum absolute atomic E-state index is 0. The van der Waals surface area contributed by atoms with E-state index in [1.165, 1.54) is 38.5 Å². The fraction of sp³-hybridized carbons (Fsp3) is 1.00. The summed E-state index contributed by atoms with van der Waals surface area (Å²) in [5, 5.41) is 0. The summed E-state index contributed by atoms with van der Waals surface area (Å²) in [5.74, 6) is 0. The van der Waals surface area contributed by atoms with Crippen molar-refractivity contribution < 1.29 is 0 Å². The Labute approximate surface area is 138 Å². The molecule has 0 spiro atoms. The van der Waals surface area contributed by atoms with Crippen LogP contribution < -0.4 is 0 Å². The zero-order valence-corrected chi connectivity index (χ0v) is 21.3. The summed E-state index contributed by atoms with van der Waals surface area (Å²) in [7, 11) is 0. The minimum atomic E-state index is -0.967. The Balaban J connectivity index is -0.000000392. The standard InChI is InChI=1S/3C4H9.3CH3.ClH.2Sn.2H/c3*1-3-4-2;;;;;;;;/h3*1,3-4H2,2H3;3*1H3;1H;;;;. The first kappa shape index (κ1) is 24.9. The molecule has 0 aromatic heterocycles. The molecule has 0 bridgehead atoms. The van der Waals surface area contributed by atoms with Crippen LogP contribution in [0, 0.1) is 0 Å². The van der Waals surface area contributed by atoms with E-state index in [0.29, 0.717) is 0 Å². The van der Waals surface area contributed by atoms with E-state index in [1.54, 1.807) is 13.3 Å². The normalized spacial score (nSPS) is 10.0. The van der Waals surface area contributed by atoms with Gasteiger partial charge in [-0.3, -0.25) is 0 Å². The molecule has 0 nitrogen and oxygen atoms in total. The zero-order chi connectivity index (χ0) is 13.5. The molecule has 0 saturated heterocycles. The van der Waals surface area contributed by atoms with Crippen LogP contribution in [0.5, 0.6) is 0 Å². The van der Waals surface area contributed by atoms with Crippen LogP contribution in [0.15, 0.2) is 0 Å². The predicted octanol–water partition coefficient (Wildman–Crippen LogP) is 6.14. The summed E-state index contributed by atoms with van der Waals surface area (Å²) in [4.78, 5) is 7.13. The molecule has 0 unspecified atom stereocenters. The van der Waals surface area contributed by atoms with E-state index in [1.807, 2.05) is 0 Å². The molecule has 0 fully saturated rings. The average molecular weight is 492 g/mol. The summed E-state index contributed by atoms with van der Waals surface area (Å²) >= 11 is -1.60. The molecule has 0 aliphatic carbocycles. The quantitative estimate of drug-likeness (QED) is 0.340. The number of halogens is 1. The zero-order valence-electron chi connectivity index (χ0n) is 13.9. The molecule has 0 radical (unpaired) electrons. The van der Waals surface area contributed by atoms with E-state index in [4.69, 9.17) is 0 Å². The van der Waals surface area contributed by atoms with E-state index in [0.717, 1.165) is 0 Å². The van der Waals surface area contributed by atoms with Crippen LogP contribution in [-0.2, 0) is 0 Å². The van der Waals surface area contributed by atoms with Gasteiger partial charge in [-0.25, -0.2) is 0 Å². The van der Waals surface area contributed by atoms with Crippen LogP contribution in [0.4, 0.5) is 0 Å². The second kappa shape index (κ2) is 21.2. The van der Waals surface area contributed by atoms with Gasteiger partial charge < -0.3 is 0 Å². The Hall–Kier alpha value is 1.89. The number of unbranched alkanes of at least 4 members (excludes halogenated alkanes) is 3. The van der Waals surface area contributed by atoms with Gasteiger partial charge >= 0.3 is 127 Å². The van der Waals surface area contributed by atoms with Gasteiger partial charge in [-0.15, -0.1) is 12.4 Å². The van der Waals surface area contributed by atoms with Crippen molar-refractivity contribution in [2.24, 2.45) is 0 Å². The molecular formula is C15H39ClSn2. The van der Waals surface area contributed by atoms with Crippen LogP contribution in [-0.4, -0.2) is 39.5 Å². The molecule has 0 aliphatic rings. The fourth-order valence-electron chi connectivity index (χ4n) is 1.91. The van der Waals surface area contributed by atoms with Crippen molar-refractivity contribution in [2.75, 3.05) is 0 Å². The van der Waals surface area contributed by atoms with E-state index >= 15 is 0 Å². The third kappa shape index (κ3) is 26.5. The number of rotatable bonds is 9. The van der Waals surface area contributed by atoms with E-state index < -0.39 is 39.5 Å². The molecule has 0 amide bonds. The van der Waals surface area contributed by atoms with Crippen molar-refractivity contribution in [1.29, 1.82) is 0 Å². The molecule has 114 valence electrons. The van der Waals surface area contributed by atoms with Gasteiger partial charge in [-0.2, -0.15) is 0 Å². The molecule has 3 heteroatoms. The third-order valence-electron chi connectivity index (χ3n) is 2.90. The van der Waals surface area contributed by atoms with Gasteiger partial charge in [0.15, 0.2) is 0 Å². The summed E-state index contributed by atoms with van der Waals surface area (Å²) in [5.41, 5.74) is 0. The molecule has 0 N–H and O–H groups in total. The fourth-order valence-corrected chi connectivity index (χ4v) is 12.8. The molecule has 0 heterocycles. The van der Waals surface area contributed by atoms with Crippen LogP contribution >= 0.6 is 12.4 Å². The van der Waals surface area contributed by atoms with Crippen molar-refractivity contribution in [3.05, 3.63) is 0 Å². The second-order valence-electron chi connectivity index (χ2n) is 6.02. The van der Waals surface area contributed by atoms with Crippen LogP contribution in [0.3, 0.4) is 0 Å². The molecule has 0 atom stereocenters. The van der Waals surface area contributed by atoms with Crippen LogP contribution in [0.2, 0.25) is 28.1 Å². The molecule has 0 aromatic rings. The van der Waals surface area contributed by atoms with Crippen molar-refractivity contribution >= 4 is 51.9 Å². The van der Waals surface area contributed by atoms with Gasteiger partial charge in [0, 0.05) is 0 Å². The Morgan fingerprint density at radius 3 is 1.00 bits per heavy atom. The van der Waals surface area contributed by atoms with E-state index in [9.17, 15) is 0 Å². The topological polar surface area (TPSA) is 0 Å². The first-order chi connectivity index (χ1) is 8.08. The molecule has 0 aliphatic heterocycles. The van der Waals surface area contributed by atoms with Gasteiger partial charge in [0.25, 0.3) is 0 Å². The van der Waals surface area contributed by atoms with Gasteiger partial charge in [0.2, 0.25) is 0 Å². The summed E-state index contributed by atoms with van der Waals surface area (Å²) < 4.78 is 5.08. The van der Waals surface area contributed by atoms with Gasteiger partial charge in [0.1, 0.15) is 0 Å². The van der Waals surface area contributed by atoms with Gasteiger partial charge in [0.05, 0.1) is 0 Å². The maximum absolute atomic E-state index is 2.38. The van der Waals surface area contributed by atoms with Crippen molar-refractivity contribution in [1.82, 2.24) is 0 Å². The Morgan fingerprint density at radius 2 is 0.833 bits per heavy atom. The summed E-state index contributed by atoms with van der Waals surface area (Å²) in [6, 6.07) is 0. The first-order valence-electron chi connectivity index (χ1n) is 8.08. The average Bonchev–Trinajstić information content (AvgIpc) is 2.27. The number of hydrogen-bond acceptors (Lipinski definition) is 0. The monoisotopic (exact) mass is 494 g/mol. The number of hydrogen-bond donors (Lipinski definition) is 0. The summed E-state index contributed by atoms with van der Waals surface area (Å²) in [6.45, 7) is 7.01. The Morgan fingerprint density at radius 1 is 0.611 bits per heavy atom. The molecule has 0 aromatic carbocycles. The molecule has 0 saturated carbocycles. The first-order valence-corrected chi connectivity index (χ1v) is 25.0.